The molecule has 1 aromatic heterocycles. The van der Waals surface area contributed by atoms with E-state index in [1.54, 1.807) is 18.3 Å². The Morgan fingerprint density at radius 3 is 2.29 bits per heavy atom. The molecule has 0 bridgehead atoms. The van der Waals surface area contributed by atoms with Crippen LogP contribution >= 0.6 is 0 Å². The summed E-state index contributed by atoms with van der Waals surface area (Å²) < 4.78 is 0. The Balaban J connectivity index is 0.000000155. The molecule has 0 radical (unpaired) electrons. The van der Waals surface area contributed by atoms with Crippen LogP contribution in [0.5, 0.6) is 17.2 Å². The number of H-pyrrole nitrogens is 1. The number of rotatable bonds is 1. The van der Waals surface area contributed by atoms with Gasteiger partial charge in [-0.2, -0.15) is 0 Å². The van der Waals surface area contributed by atoms with Gasteiger partial charge in [0, 0.05) is 41.0 Å². The lowest BCUT2D eigenvalue weighted by Crippen LogP contribution is -1.97. The van der Waals surface area contributed by atoms with E-state index in [1.165, 1.54) is 18.2 Å². The van der Waals surface area contributed by atoms with Gasteiger partial charge >= 0.3 is 0 Å². The Labute approximate surface area is 121 Å². The minimum Gasteiger partial charge on any atom is -0.508 e. The summed E-state index contributed by atoms with van der Waals surface area (Å²) in [5, 5.41) is 28.1. The fourth-order valence-electron chi connectivity index (χ4n) is 1.85. The van der Waals surface area contributed by atoms with Gasteiger partial charge in [-0.25, -0.2) is 0 Å². The molecule has 0 amide bonds. The number of aromatic amines is 1. The smallest absolute Gasteiger partial charge is 0.159 e. The van der Waals surface area contributed by atoms with Gasteiger partial charge in [0.2, 0.25) is 0 Å². The van der Waals surface area contributed by atoms with Crippen molar-refractivity contribution in [1.29, 1.82) is 0 Å². The molecule has 6 nitrogen and oxygen atoms in total. The molecule has 21 heavy (non-hydrogen) atoms. The Morgan fingerprint density at radius 1 is 0.905 bits per heavy atom. The van der Waals surface area contributed by atoms with Crippen molar-refractivity contribution >= 4 is 16.6 Å². The van der Waals surface area contributed by atoms with Crippen LogP contribution in [0.2, 0.25) is 0 Å². The van der Waals surface area contributed by atoms with Crippen molar-refractivity contribution < 1.29 is 15.3 Å². The number of nitrogens with two attached hydrogens (primary N) is 2. The summed E-state index contributed by atoms with van der Waals surface area (Å²) in [6.07, 6.45) is 1.75. The number of fused-ring (bicyclic) bond motifs is 1. The summed E-state index contributed by atoms with van der Waals surface area (Å²) in [6.45, 7) is 0.316. The van der Waals surface area contributed by atoms with E-state index in [0.717, 1.165) is 10.9 Å². The second-order valence-electron chi connectivity index (χ2n) is 4.50. The number of phenols is 3. The topological polar surface area (TPSA) is 129 Å². The van der Waals surface area contributed by atoms with E-state index in [1.807, 2.05) is 6.07 Å². The third kappa shape index (κ3) is 3.37. The second-order valence-corrected chi connectivity index (χ2v) is 4.50. The molecule has 0 aliphatic carbocycles. The standard InChI is InChI=1S/C8H7NO2.C7H10N2O/c10-7-3-5-1-2-9-6(5)4-8(7)11;8-4-5-3-6(9)1-2-7(5)10/h1-4,9-11H;1-3,10H,4,8-9H2. The molecule has 2 aromatic carbocycles. The van der Waals surface area contributed by atoms with Crippen LogP contribution < -0.4 is 11.5 Å². The molecule has 110 valence electrons. The van der Waals surface area contributed by atoms with Gasteiger partial charge in [0.15, 0.2) is 11.5 Å². The molecular weight excluding hydrogens is 270 g/mol. The number of aromatic hydroxyl groups is 3. The van der Waals surface area contributed by atoms with Gasteiger partial charge in [0.1, 0.15) is 5.75 Å². The summed E-state index contributed by atoms with van der Waals surface area (Å²) in [7, 11) is 0. The molecule has 0 atom stereocenters. The van der Waals surface area contributed by atoms with Gasteiger partial charge in [0.25, 0.3) is 0 Å². The molecule has 0 saturated carbocycles. The van der Waals surface area contributed by atoms with E-state index in [-0.39, 0.29) is 17.2 Å². The summed E-state index contributed by atoms with van der Waals surface area (Å²) >= 11 is 0. The minimum absolute atomic E-state index is 0.0860. The molecule has 0 spiro atoms. The number of aromatic nitrogens is 1. The maximum absolute atomic E-state index is 9.10. The predicted octanol–water partition coefficient (Wildman–Crippen LogP) is 2.01. The van der Waals surface area contributed by atoms with Crippen molar-refractivity contribution in [3.63, 3.8) is 0 Å². The van der Waals surface area contributed by atoms with Crippen LogP contribution in [0.25, 0.3) is 10.9 Å². The van der Waals surface area contributed by atoms with Gasteiger partial charge in [-0.15, -0.1) is 0 Å². The maximum atomic E-state index is 9.10. The highest BCUT2D eigenvalue weighted by molar-refractivity contribution is 5.82. The Morgan fingerprint density at radius 2 is 1.62 bits per heavy atom. The van der Waals surface area contributed by atoms with Gasteiger partial charge in [0.05, 0.1) is 0 Å². The highest BCUT2D eigenvalue weighted by Crippen LogP contribution is 2.29. The summed E-state index contributed by atoms with van der Waals surface area (Å²) in [5.74, 6) is 0.0220. The number of phenolic OH excluding ortho intramolecular Hbond substituents is 3. The first kappa shape index (κ1) is 14.5. The Hall–Kier alpha value is -2.86. The molecule has 0 fully saturated rings. The zero-order valence-corrected chi connectivity index (χ0v) is 11.2. The van der Waals surface area contributed by atoms with Crippen LogP contribution in [0.4, 0.5) is 5.69 Å². The van der Waals surface area contributed by atoms with Gasteiger partial charge in [-0.05, 0) is 30.3 Å². The van der Waals surface area contributed by atoms with Gasteiger partial charge in [-0.1, -0.05) is 0 Å². The largest absolute Gasteiger partial charge is 0.508 e. The average molecular weight is 287 g/mol. The van der Waals surface area contributed by atoms with Gasteiger partial charge < -0.3 is 31.8 Å². The molecule has 3 rings (SSSR count). The van der Waals surface area contributed by atoms with Crippen LogP contribution in [-0.4, -0.2) is 20.3 Å². The number of anilines is 1. The van der Waals surface area contributed by atoms with Crippen molar-refractivity contribution in [2.75, 3.05) is 5.73 Å². The third-order valence-corrected chi connectivity index (χ3v) is 2.97. The number of nitrogens with one attached hydrogen (secondary N) is 1. The lowest BCUT2D eigenvalue weighted by atomic mass is 10.2. The molecule has 0 aliphatic rings. The first-order chi connectivity index (χ1) is 10.0. The monoisotopic (exact) mass is 287 g/mol. The van der Waals surface area contributed by atoms with Crippen molar-refractivity contribution in [3.8, 4) is 17.2 Å². The highest BCUT2D eigenvalue weighted by atomic mass is 16.3. The normalized spacial score (nSPS) is 10.1. The molecule has 1 heterocycles. The molecule has 0 aliphatic heterocycles. The fourth-order valence-corrected chi connectivity index (χ4v) is 1.85. The summed E-state index contributed by atoms with van der Waals surface area (Å²) in [6, 6.07) is 9.67. The molecule has 6 heteroatoms. The second kappa shape index (κ2) is 6.06. The average Bonchev–Trinajstić information content (AvgIpc) is 2.90. The van der Waals surface area contributed by atoms with Crippen molar-refractivity contribution in [2.24, 2.45) is 5.73 Å². The van der Waals surface area contributed by atoms with Crippen LogP contribution in [0, 0.1) is 0 Å². The Bertz CT molecular complexity index is 717. The van der Waals surface area contributed by atoms with E-state index < -0.39 is 0 Å². The zero-order chi connectivity index (χ0) is 15.4. The lowest BCUT2D eigenvalue weighted by molar-refractivity contribution is 0.405. The fraction of sp³-hybridized carbons (Fsp3) is 0.0667. The Kier molecular flexibility index (Phi) is 4.20. The predicted molar refractivity (Wildman–Crippen MR) is 82.0 cm³/mol. The summed E-state index contributed by atoms with van der Waals surface area (Å²) in [4.78, 5) is 2.92. The van der Waals surface area contributed by atoms with E-state index in [0.29, 0.717) is 17.8 Å². The van der Waals surface area contributed by atoms with Gasteiger partial charge in [-0.3, -0.25) is 0 Å². The van der Waals surface area contributed by atoms with Crippen molar-refractivity contribution in [2.45, 2.75) is 6.54 Å². The zero-order valence-electron chi connectivity index (χ0n) is 11.2. The molecular formula is C15H17N3O3. The first-order valence-electron chi connectivity index (χ1n) is 6.27. The first-order valence-corrected chi connectivity index (χ1v) is 6.27. The molecule has 3 aromatic rings. The quantitative estimate of drug-likeness (QED) is 0.232. The van der Waals surface area contributed by atoms with Crippen LogP contribution in [-0.2, 0) is 6.54 Å². The summed E-state index contributed by atoms with van der Waals surface area (Å²) in [5.41, 5.74) is 12.9. The van der Waals surface area contributed by atoms with Crippen LogP contribution in [0.1, 0.15) is 5.56 Å². The van der Waals surface area contributed by atoms with Crippen molar-refractivity contribution in [1.82, 2.24) is 4.98 Å². The van der Waals surface area contributed by atoms with Crippen LogP contribution in [0.15, 0.2) is 42.6 Å². The molecule has 0 unspecified atom stereocenters. The van der Waals surface area contributed by atoms with E-state index >= 15 is 0 Å². The third-order valence-electron chi connectivity index (χ3n) is 2.97. The minimum atomic E-state index is -0.0973. The number of hydrogen-bond donors (Lipinski definition) is 6. The highest BCUT2D eigenvalue weighted by Gasteiger charge is 2.01. The SMILES string of the molecule is NCc1cc(N)ccc1O.Oc1cc2cc[nH]c2cc1O. The van der Waals surface area contributed by atoms with E-state index in [2.05, 4.69) is 4.98 Å². The molecule has 8 N–H and O–H groups in total. The molecule has 0 saturated heterocycles. The van der Waals surface area contributed by atoms with Crippen molar-refractivity contribution in [3.05, 3.63) is 48.2 Å². The lowest BCUT2D eigenvalue weighted by Gasteiger charge is -2.00. The van der Waals surface area contributed by atoms with E-state index in [4.69, 9.17) is 26.8 Å². The van der Waals surface area contributed by atoms with Crippen LogP contribution in [0.3, 0.4) is 0 Å². The number of nitrogen functional groups attached to an aromatic ring is 1. The maximum Gasteiger partial charge on any atom is 0.159 e. The number of benzene rings is 2. The van der Waals surface area contributed by atoms with E-state index in [9.17, 15) is 0 Å². The number of hydrogen-bond acceptors (Lipinski definition) is 5.